The smallest absolute Gasteiger partial charge is 0.412 e. The third-order valence-electron chi connectivity index (χ3n) is 5.82. The van der Waals surface area contributed by atoms with Gasteiger partial charge >= 0.3 is 12.2 Å². The van der Waals surface area contributed by atoms with Gasteiger partial charge in [-0.1, -0.05) is 65.2 Å². The molecule has 2 amide bonds. The molecule has 0 spiro atoms. The lowest BCUT2D eigenvalue weighted by molar-refractivity contribution is -0.0163. The first-order chi connectivity index (χ1) is 14.1. The molecule has 0 heterocycles. The van der Waals surface area contributed by atoms with Crippen molar-refractivity contribution in [2.75, 3.05) is 6.54 Å². The van der Waals surface area contributed by atoms with Crippen LogP contribution in [0.25, 0.3) is 0 Å². The minimum atomic E-state index is -0.747. The quantitative estimate of drug-likeness (QED) is 0.512. The van der Waals surface area contributed by atoms with Gasteiger partial charge in [-0.2, -0.15) is 0 Å². The van der Waals surface area contributed by atoms with Crippen LogP contribution in [0.2, 0.25) is 0 Å². The van der Waals surface area contributed by atoms with Gasteiger partial charge < -0.3 is 20.5 Å². The molecule has 30 heavy (non-hydrogen) atoms. The summed E-state index contributed by atoms with van der Waals surface area (Å²) in [7, 11) is 0. The van der Waals surface area contributed by atoms with Gasteiger partial charge in [0, 0.05) is 6.54 Å². The molecule has 1 aromatic carbocycles. The predicted molar refractivity (Wildman–Crippen MR) is 119 cm³/mol. The number of hydrogen-bond donors (Lipinski definition) is 2. The number of primary amides is 1. The second-order valence-corrected chi connectivity index (χ2v) is 9.78. The molecule has 6 nitrogen and oxygen atoms in total. The Morgan fingerprint density at radius 1 is 1.13 bits per heavy atom. The molecule has 2 atom stereocenters. The highest BCUT2D eigenvalue weighted by molar-refractivity contribution is 5.70. The Kier molecular flexibility index (Phi) is 8.56. The predicted octanol–water partition coefficient (Wildman–Crippen LogP) is 5.58. The van der Waals surface area contributed by atoms with Crippen LogP contribution < -0.4 is 15.8 Å². The number of hydrogen-bond acceptors (Lipinski definition) is 4. The summed E-state index contributed by atoms with van der Waals surface area (Å²) in [6, 6.07) is 7.72. The second-order valence-electron chi connectivity index (χ2n) is 9.78. The lowest BCUT2D eigenvalue weighted by atomic mass is 9.63. The zero-order valence-corrected chi connectivity index (χ0v) is 19.0. The largest absolute Gasteiger partial charge is 0.446 e. The van der Waals surface area contributed by atoms with Crippen molar-refractivity contribution in [1.29, 1.82) is 0 Å². The van der Waals surface area contributed by atoms with E-state index in [1.54, 1.807) is 0 Å². The Hall–Kier alpha value is -2.24. The molecule has 0 saturated heterocycles. The maximum absolute atomic E-state index is 12.5. The molecule has 0 bridgehead atoms. The highest BCUT2D eigenvalue weighted by atomic mass is 16.6. The maximum Gasteiger partial charge on any atom is 0.412 e. The molecule has 1 aromatic rings. The van der Waals surface area contributed by atoms with E-state index in [0.717, 1.165) is 31.2 Å². The second kappa shape index (κ2) is 10.7. The van der Waals surface area contributed by atoms with Crippen LogP contribution in [0, 0.1) is 10.8 Å². The van der Waals surface area contributed by atoms with E-state index in [0.29, 0.717) is 18.7 Å². The highest BCUT2D eigenvalue weighted by Gasteiger charge is 2.42. The van der Waals surface area contributed by atoms with Gasteiger partial charge in [-0.25, -0.2) is 9.59 Å². The molecular formula is C24H38N2O4. The SMILES string of the molecule is CCCCCCc1ccccc1OC(=O)NCC1(C)CC(OC(N)=O)CC(C)(C)C1. The van der Waals surface area contributed by atoms with Gasteiger partial charge in [0.05, 0.1) is 0 Å². The summed E-state index contributed by atoms with van der Waals surface area (Å²) in [4.78, 5) is 23.7. The van der Waals surface area contributed by atoms with Crippen LogP contribution in [-0.2, 0) is 11.2 Å². The molecule has 3 N–H and O–H groups in total. The fourth-order valence-electron chi connectivity index (χ4n) is 4.89. The number of unbranched alkanes of at least 4 members (excludes halogenated alkanes) is 3. The van der Waals surface area contributed by atoms with Crippen molar-refractivity contribution in [3.63, 3.8) is 0 Å². The van der Waals surface area contributed by atoms with E-state index in [4.69, 9.17) is 15.2 Å². The third kappa shape index (κ3) is 7.88. The maximum atomic E-state index is 12.5. The summed E-state index contributed by atoms with van der Waals surface area (Å²) in [6.07, 6.45) is 6.49. The van der Waals surface area contributed by atoms with Gasteiger partial charge in [0.1, 0.15) is 11.9 Å². The van der Waals surface area contributed by atoms with E-state index in [9.17, 15) is 9.59 Å². The van der Waals surface area contributed by atoms with Crippen molar-refractivity contribution in [3.05, 3.63) is 29.8 Å². The van der Waals surface area contributed by atoms with Gasteiger partial charge in [-0.3, -0.25) is 0 Å². The molecular weight excluding hydrogens is 380 g/mol. The van der Waals surface area contributed by atoms with E-state index in [1.807, 2.05) is 24.3 Å². The van der Waals surface area contributed by atoms with Crippen molar-refractivity contribution < 1.29 is 19.1 Å². The van der Waals surface area contributed by atoms with Crippen molar-refractivity contribution >= 4 is 12.2 Å². The molecule has 6 heteroatoms. The van der Waals surface area contributed by atoms with E-state index in [1.165, 1.54) is 19.3 Å². The summed E-state index contributed by atoms with van der Waals surface area (Å²) in [5.74, 6) is 0.621. The number of ether oxygens (including phenoxy) is 2. The van der Waals surface area contributed by atoms with E-state index in [2.05, 4.69) is 33.0 Å². The van der Waals surface area contributed by atoms with Crippen molar-refractivity contribution in [3.8, 4) is 5.75 Å². The van der Waals surface area contributed by atoms with Gasteiger partial charge in [-0.05, 0) is 54.6 Å². The van der Waals surface area contributed by atoms with Crippen molar-refractivity contribution in [2.45, 2.75) is 85.2 Å². The summed E-state index contributed by atoms with van der Waals surface area (Å²) in [5, 5.41) is 2.92. The van der Waals surface area contributed by atoms with E-state index >= 15 is 0 Å². The van der Waals surface area contributed by atoms with Gasteiger partial charge in [0.25, 0.3) is 0 Å². The topological polar surface area (TPSA) is 90.7 Å². The molecule has 0 radical (unpaired) electrons. The zero-order valence-electron chi connectivity index (χ0n) is 19.0. The number of carbonyl (C=O) groups excluding carboxylic acids is 2. The number of para-hydroxylation sites is 1. The summed E-state index contributed by atoms with van der Waals surface area (Å²) >= 11 is 0. The van der Waals surface area contributed by atoms with Gasteiger partial charge in [0.2, 0.25) is 0 Å². The minimum Gasteiger partial charge on any atom is -0.446 e. The lowest BCUT2D eigenvalue weighted by Crippen LogP contribution is -2.47. The monoisotopic (exact) mass is 418 g/mol. The number of nitrogens with one attached hydrogen (secondary N) is 1. The molecule has 0 aromatic heterocycles. The lowest BCUT2D eigenvalue weighted by Gasteiger charge is -2.45. The third-order valence-corrected chi connectivity index (χ3v) is 5.82. The van der Waals surface area contributed by atoms with E-state index in [-0.39, 0.29) is 16.9 Å². The number of nitrogens with two attached hydrogens (primary N) is 1. The van der Waals surface area contributed by atoms with E-state index < -0.39 is 12.2 Å². The first-order valence-corrected chi connectivity index (χ1v) is 11.1. The molecule has 168 valence electrons. The van der Waals surface area contributed by atoms with Crippen molar-refractivity contribution in [1.82, 2.24) is 5.32 Å². The molecule has 2 rings (SSSR count). The fraction of sp³-hybridized carbons (Fsp3) is 0.667. The Bertz CT molecular complexity index is 719. The zero-order chi connectivity index (χ0) is 22.2. The number of benzene rings is 1. The van der Waals surface area contributed by atoms with Crippen LogP contribution in [0.15, 0.2) is 24.3 Å². The molecule has 1 aliphatic rings. The normalized spacial score (nSPS) is 22.9. The summed E-state index contributed by atoms with van der Waals surface area (Å²) < 4.78 is 10.9. The van der Waals surface area contributed by atoms with Crippen LogP contribution in [-0.4, -0.2) is 24.8 Å². The average molecular weight is 419 g/mol. The average Bonchev–Trinajstić information content (AvgIpc) is 2.63. The molecule has 0 aliphatic heterocycles. The number of rotatable bonds is 9. The van der Waals surface area contributed by atoms with Gasteiger partial charge in [0.15, 0.2) is 0 Å². The Morgan fingerprint density at radius 2 is 1.87 bits per heavy atom. The number of amides is 2. The first kappa shape index (κ1) is 24.0. The summed E-state index contributed by atoms with van der Waals surface area (Å²) in [6.45, 7) is 9.04. The molecule has 1 saturated carbocycles. The highest BCUT2D eigenvalue weighted by Crippen LogP contribution is 2.46. The minimum absolute atomic E-state index is 0.0101. The van der Waals surface area contributed by atoms with Crippen LogP contribution in [0.5, 0.6) is 5.75 Å². The van der Waals surface area contributed by atoms with Crippen LogP contribution >= 0.6 is 0 Å². The molecule has 1 fully saturated rings. The standard InChI is InChI=1S/C24H38N2O4/c1-5-6-7-8-11-18-12-9-10-13-20(18)30-22(28)26-17-24(4)15-19(29-21(25)27)14-23(2,3)16-24/h9-10,12-13,19H,5-8,11,14-17H2,1-4H3,(H2,25,27)(H,26,28). The molecule has 2 unspecified atom stereocenters. The Labute approximate surface area is 180 Å². The first-order valence-electron chi connectivity index (χ1n) is 11.1. The summed E-state index contributed by atoms with van der Waals surface area (Å²) in [5.41, 5.74) is 6.06. The fourth-order valence-corrected chi connectivity index (χ4v) is 4.89. The van der Waals surface area contributed by atoms with Gasteiger partial charge in [-0.15, -0.1) is 0 Å². The van der Waals surface area contributed by atoms with Crippen LogP contribution in [0.4, 0.5) is 9.59 Å². The Balaban J connectivity index is 1.93. The Morgan fingerprint density at radius 3 is 2.57 bits per heavy atom. The van der Waals surface area contributed by atoms with Crippen LogP contribution in [0.3, 0.4) is 0 Å². The van der Waals surface area contributed by atoms with Crippen molar-refractivity contribution in [2.24, 2.45) is 16.6 Å². The van der Waals surface area contributed by atoms with Crippen LogP contribution in [0.1, 0.15) is 78.2 Å². The molecule has 1 aliphatic carbocycles. The number of aryl methyl sites for hydroxylation is 1. The number of carbonyl (C=O) groups is 2.